The Labute approximate surface area is 184 Å². The molecule has 3 fully saturated rings. The lowest BCUT2D eigenvalue weighted by Gasteiger charge is -2.37. The summed E-state index contributed by atoms with van der Waals surface area (Å²) in [6.45, 7) is 2.39. The molecule has 0 unspecified atom stereocenters. The van der Waals surface area contributed by atoms with Crippen molar-refractivity contribution in [3.63, 3.8) is 0 Å². The monoisotopic (exact) mass is 427 g/mol. The highest BCUT2D eigenvalue weighted by Gasteiger charge is 2.41. The molecular weight excluding hydrogens is 394 g/mol. The summed E-state index contributed by atoms with van der Waals surface area (Å²) >= 11 is 0. The third-order valence-electron chi connectivity index (χ3n) is 7.12. The lowest BCUT2D eigenvalue weighted by atomic mass is 9.90. The lowest BCUT2D eigenvalue weighted by Crippen LogP contribution is -2.51. The van der Waals surface area contributed by atoms with Crippen molar-refractivity contribution < 1.29 is 19.1 Å². The molecule has 7 heteroatoms. The number of carbonyl (C=O) groups excluding carboxylic acids is 1. The summed E-state index contributed by atoms with van der Waals surface area (Å²) in [4.78, 5) is 20.7. The number of hydrogen-bond acceptors (Lipinski definition) is 6. The molecule has 1 saturated carbocycles. The first-order chi connectivity index (χ1) is 15.2. The zero-order valence-electron chi connectivity index (χ0n) is 18.3. The molecule has 1 spiro atoms. The maximum atomic E-state index is 12.7. The quantitative estimate of drug-likeness (QED) is 0.753. The number of likely N-dealkylation sites (tertiary alicyclic amines) is 1. The number of amides is 1. The van der Waals surface area contributed by atoms with Gasteiger partial charge in [-0.3, -0.25) is 15.1 Å². The van der Waals surface area contributed by atoms with E-state index in [0.29, 0.717) is 0 Å². The van der Waals surface area contributed by atoms with E-state index in [9.17, 15) is 4.79 Å². The molecule has 7 nitrogen and oxygen atoms in total. The summed E-state index contributed by atoms with van der Waals surface area (Å²) in [5, 5.41) is 3.31. The summed E-state index contributed by atoms with van der Waals surface area (Å²) in [5.41, 5.74) is 4.76. The van der Waals surface area contributed by atoms with Gasteiger partial charge in [0.2, 0.25) is 5.91 Å². The molecule has 1 amide bonds. The molecule has 3 aliphatic heterocycles. The molecule has 168 valence electrons. The van der Waals surface area contributed by atoms with E-state index in [0.717, 1.165) is 80.9 Å². The van der Waals surface area contributed by atoms with Crippen LogP contribution in [-0.2, 0) is 9.63 Å². The molecular formula is C24H33N3O4. The predicted molar refractivity (Wildman–Crippen MR) is 118 cm³/mol. The fourth-order valence-electron chi connectivity index (χ4n) is 5.21. The maximum Gasteiger partial charge on any atom is 0.239 e. The van der Waals surface area contributed by atoms with Crippen LogP contribution in [-0.4, -0.2) is 55.3 Å². The SMILES string of the molecule is COc1ccc(C2=CC3(CCN(C(=O)[C@@H]4CCCN4)CC3)ON2)cc1OC1CCCC1. The van der Waals surface area contributed by atoms with Gasteiger partial charge in [0.25, 0.3) is 0 Å². The van der Waals surface area contributed by atoms with Crippen molar-refractivity contribution in [3.05, 3.63) is 29.8 Å². The maximum absolute atomic E-state index is 12.7. The molecule has 0 aromatic heterocycles. The number of hydrogen-bond donors (Lipinski definition) is 2. The summed E-state index contributed by atoms with van der Waals surface area (Å²) in [5.74, 6) is 1.80. The van der Waals surface area contributed by atoms with Crippen LogP contribution >= 0.6 is 0 Å². The Kier molecular flexibility index (Phi) is 5.80. The van der Waals surface area contributed by atoms with E-state index in [1.54, 1.807) is 7.11 Å². The van der Waals surface area contributed by atoms with Crippen LogP contribution in [0, 0.1) is 0 Å². The van der Waals surface area contributed by atoms with Crippen molar-refractivity contribution in [2.24, 2.45) is 0 Å². The highest BCUT2D eigenvalue weighted by Crippen LogP contribution is 2.38. The van der Waals surface area contributed by atoms with Gasteiger partial charge in [-0.1, -0.05) is 0 Å². The van der Waals surface area contributed by atoms with Crippen LogP contribution in [0.4, 0.5) is 0 Å². The number of ether oxygens (including phenoxy) is 2. The minimum Gasteiger partial charge on any atom is -0.493 e. The molecule has 31 heavy (non-hydrogen) atoms. The second kappa shape index (κ2) is 8.71. The standard InChI is InChI=1S/C24H33N3O4/c1-29-21-9-8-17(15-22(21)30-18-5-2-3-6-18)20-16-24(31-26-20)10-13-27(14-11-24)23(28)19-7-4-12-25-19/h8-9,15-16,18-19,25-26H,2-7,10-14H2,1H3/t19-/m0/s1. The molecule has 1 aliphatic carbocycles. The first-order valence-corrected chi connectivity index (χ1v) is 11.7. The summed E-state index contributed by atoms with van der Waals surface area (Å²) in [7, 11) is 1.68. The third kappa shape index (κ3) is 4.26. The smallest absolute Gasteiger partial charge is 0.239 e. The van der Waals surface area contributed by atoms with Crippen molar-refractivity contribution in [1.29, 1.82) is 0 Å². The number of carbonyl (C=O) groups is 1. The van der Waals surface area contributed by atoms with Crippen LogP contribution in [0.3, 0.4) is 0 Å². The Morgan fingerprint density at radius 1 is 1.13 bits per heavy atom. The summed E-state index contributed by atoms with van der Waals surface area (Å²) in [6, 6.07) is 6.04. The minimum absolute atomic E-state index is 0.000335. The van der Waals surface area contributed by atoms with E-state index in [4.69, 9.17) is 14.3 Å². The van der Waals surface area contributed by atoms with Gasteiger partial charge >= 0.3 is 0 Å². The van der Waals surface area contributed by atoms with Gasteiger partial charge in [0.1, 0.15) is 5.60 Å². The molecule has 4 aliphatic rings. The Bertz CT molecular complexity index is 835. The van der Waals surface area contributed by atoms with E-state index in [1.165, 1.54) is 12.8 Å². The van der Waals surface area contributed by atoms with E-state index in [1.807, 2.05) is 23.1 Å². The van der Waals surface area contributed by atoms with Crippen molar-refractivity contribution in [1.82, 2.24) is 15.7 Å². The fraction of sp³-hybridized carbons (Fsp3) is 0.625. The van der Waals surface area contributed by atoms with Crippen molar-refractivity contribution >= 4 is 11.6 Å². The van der Waals surface area contributed by atoms with Crippen LogP contribution in [0.15, 0.2) is 24.3 Å². The average Bonchev–Trinajstić information content (AvgIpc) is 3.57. The van der Waals surface area contributed by atoms with Gasteiger partial charge < -0.3 is 19.7 Å². The van der Waals surface area contributed by atoms with Crippen LogP contribution < -0.4 is 20.3 Å². The van der Waals surface area contributed by atoms with Crippen molar-refractivity contribution in [2.75, 3.05) is 26.7 Å². The van der Waals surface area contributed by atoms with E-state index in [-0.39, 0.29) is 23.7 Å². The Hall–Kier alpha value is -2.25. The number of methoxy groups -OCH3 is 1. The molecule has 2 saturated heterocycles. The molecule has 2 N–H and O–H groups in total. The van der Waals surface area contributed by atoms with Gasteiger partial charge in [0.05, 0.1) is 25.0 Å². The topological polar surface area (TPSA) is 72.1 Å². The second-order valence-corrected chi connectivity index (χ2v) is 9.19. The van der Waals surface area contributed by atoms with Crippen LogP contribution in [0.1, 0.15) is 56.9 Å². The van der Waals surface area contributed by atoms with Crippen LogP contribution in [0.5, 0.6) is 11.5 Å². The Balaban J connectivity index is 1.27. The van der Waals surface area contributed by atoms with Gasteiger partial charge in [0, 0.05) is 31.5 Å². The first kappa shape index (κ1) is 20.6. The largest absolute Gasteiger partial charge is 0.493 e. The molecule has 0 radical (unpaired) electrons. The Morgan fingerprint density at radius 3 is 2.65 bits per heavy atom. The van der Waals surface area contributed by atoms with E-state index < -0.39 is 0 Å². The zero-order chi connectivity index (χ0) is 21.3. The fourth-order valence-corrected chi connectivity index (χ4v) is 5.21. The molecule has 1 aromatic carbocycles. The number of nitrogens with zero attached hydrogens (tertiary/aromatic N) is 1. The molecule has 1 atom stereocenters. The first-order valence-electron chi connectivity index (χ1n) is 11.7. The third-order valence-corrected chi connectivity index (χ3v) is 7.12. The second-order valence-electron chi connectivity index (χ2n) is 9.19. The van der Waals surface area contributed by atoms with Gasteiger partial charge in [-0.05, 0) is 69.3 Å². The predicted octanol–water partition coefficient (Wildman–Crippen LogP) is 3.01. The van der Waals surface area contributed by atoms with Crippen molar-refractivity contribution in [2.45, 2.75) is 69.1 Å². The molecule has 1 aromatic rings. The Morgan fingerprint density at radius 2 is 1.94 bits per heavy atom. The summed E-state index contributed by atoms with van der Waals surface area (Å²) < 4.78 is 11.8. The highest BCUT2D eigenvalue weighted by atomic mass is 16.7. The normalized spacial score (nSPS) is 25.5. The lowest BCUT2D eigenvalue weighted by molar-refractivity contribution is -0.138. The van der Waals surface area contributed by atoms with Gasteiger partial charge in [-0.25, -0.2) is 0 Å². The number of hydroxylamine groups is 1. The van der Waals surface area contributed by atoms with Gasteiger partial charge in [-0.2, -0.15) is 0 Å². The summed E-state index contributed by atoms with van der Waals surface area (Å²) in [6.07, 6.45) is 10.7. The van der Waals surface area contributed by atoms with Gasteiger partial charge in [0.15, 0.2) is 11.5 Å². The highest BCUT2D eigenvalue weighted by molar-refractivity contribution is 5.82. The van der Waals surface area contributed by atoms with Crippen molar-refractivity contribution in [3.8, 4) is 11.5 Å². The van der Waals surface area contributed by atoms with E-state index >= 15 is 0 Å². The van der Waals surface area contributed by atoms with E-state index in [2.05, 4.69) is 16.9 Å². The average molecular weight is 428 g/mol. The molecule has 3 heterocycles. The zero-order valence-corrected chi connectivity index (χ0v) is 18.3. The number of rotatable bonds is 5. The molecule has 5 rings (SSSR count). The van der Waals surface area contributed by atoms with Crippen LogP contribution in [0.2, 0.25) is 0 Å². The number of piperidine rings is 1. The number of benzene rings is 1. The minimum atomic E-state index is -0.360. The van der Waals surface area contributed by atoms with Crippen LogP contribution in [0.25, 0.3) is 5.70 Å². The molecule has 0 bridgehead atoms. The number of nitrogens with one attached hydrogen (secondary N) is 2. The van der Waals surface area contributed by atoms with Gasteiger partial charge in [-0.15, -0.1) is 0 Å².